The van der Waals surface area contributed by atoms with E-state index in [4.69, 9.17) is 4.74 Å². The monoisotopic (exact) mass is 299 g/mol. The van der Waals surface area contributed by atoms with Crippen molar-refractivity contribution in [1.82, 2.24) is 4.72 Å². The predicted octanol–water partition coefficient (Wildman–Crippen LogP) is 2.45. The van der Waals surface area contributed by atoms with Crippen LogP contribution in [0.5, 0.6) is 5.75 Å². The largest absolute Gasteiger partial charge is 0.492 e. The molecule has 4 nitrogen and oxygen atoms in total. The molecule has 0 amide bonds. The first-order valence-corrected chi connectivity index (χ1v) is 8.29. The van der Waals surface area contributed by atoms with Crippen molar-refractivity contribution >= 4 is 10.0 Å². The quantitative estimate of drug-likeness (QED) is 0.929. The van der Waals surface area contributed by atoms with E-state index >= 15 is 0 Å². The van der Waals surface area contributed by atoms with Gasteiger partial charge in [0.25, 0.3) is 0 Å². The maximum Gasteiger partial charge on any atom is 0.244 e. The van der Waals surface area contributed by atoms with E-state index in [1.54, 1.807) is 0 Å². The van der Waals surface area contributed by atoms with Crippen LogP contribution in [-0.2, 0) is 10.0 Å². The lowest BCUT2D eigenvalue weighted by Gasteiger charge is -2.54. The summed E-state index contributed by atoms with van der Waals surface area (Å²) in [4.78, 5) is -0.130. The van der Waals surface area contributed by atoms with Crippen LogP contribution in [0, 0.1) is 11.2 Å². The molecule has 6 heteroatoms. The molecule has 1 spiro atoms. The topological polar surface area (TPSA) is 55.4 Å². The highest BCUT2D eigenvalue weighted by Crippen LogP contribution is 2.56. The zero-order chi connectivity index (χ0) is 14.4. The minimum absolute atomic E-state index is 0.0340. The first kappa shape index (κ1) is 13.8. The molecule has 2 aliphatic carbocycles. The van der Waals surface area contributed by atoms with Gasteiger partial charge in [0.15, 0.2) is 11.6 Å². The molecule has 0 saturated heterocycles. The van der Waals surface area contributed by atoms with E-state index in [0.717, 1.165) is 12.8 Å². The molecule has 0 radical (unpaired) electrons. The summed E-state index contributed by atoms with van der Waals surface area (Å²) in [5, 5.41) is 0. The van der Waals surface area contributed by atoms with Crippen LogP contribution in [0.1, 0.15) is 32.1 Å². The number of benzene rings is 1. The first-order valence-electron chi connectivity index (χ1n) is 6.81. The van der Waals surface area contributed by atoms with Crippen LogP contribution in [0.3, 0.4) is 0 Å². The van der Waals surface area contributed by atoms with Crippen LogP contribution < -0.4 is 9.46 Å². The molecular formula is C14H18FNO3S. The van der Waals surface area contributed by atoms with Crippen LogP contribution >= 0.6 is 0 Å². The molecule has 1 aromatic rings. The number of ether oxygens (including phenoxy) is 1. The van der Waals surface area contributed by atoms with Gasteiger partial charge in [-0.05, 0) is 43.2 Å². The van der Waals surface area contributed by atoms with Gasteiger partial charge in [0, 0.05) is 6.04 Å². The zero-order valence-corrected chi connectivity index (χ0v) is 12.2. The number of halogens is 1. The SMILES string of the molecule is COc1c(F)cccc1S(=O)(=O)NC1CC2(CCC2)C1. The molecule has 0 aliphatic heterocycles. The number of sulfonamides is 1. The fourth-order valence-electron chi connectivity index (χ4n) is 3.34. The lowest BCUT2D eigenvalue weighted by Crippen LogP contribution is -2.53. The first-order chi connectivity index (χ1) is 9.46. The maximum absolute atomic E-state index is 13.6. The van der Waals surface area contributed by atoms with E-state index in [1.165, 1.54) is 44.6 Å². The van der Waals surface area contributed by atoms with Gasteiger partial charge >= 0.3 is 0 Å². The second kappa shape index (κ2) is 4.70. The Morgan fingerprint density at radius 3 is 2.60 bits per heavy atom. The molecular weight excluding hydrogens is 281 g/mol. The molecule has 0 atom stereocenters. The van der Waals surface area contributed by atoms with Crippen LogP contribution in [0.15, 0.2) is 23.1 Å². The smallest absolute Gasteiger partial charge is 0.244 e. The average Bonchev–Trinajstić information content (AvgIpc) is 2.30. The predicted molar refractivity (Wildman–Crippen MR) is 72.6 cm³/mol. The molecule has 2 aliphatic rings. The van der Waals surface area contributed by atoms with Gasteiger partial charge in [-0.3, -0.25) is 0 Å². The van der Waals surface area contributed by atoms with E-state index in [2.05, 4.69) is 4.72 Å². The molecule has 2 fully saturated rings. The van der Waals surface area contributed by atoms with E-state index in [0.29, 0.717) is 5.41 Å². The van der Waals surface area contributed by atoms with Crippen molar-refractivity contribution in [3.05, 3.63) is 24.0 Å². The van der Waals surface area contributed by atoms with Crippen molar-refractivity contribution in [3.63, 3.8) is 0 Å². The minimum atomic E-state index is -3.73. The second-order valence-corrected chi connectivity index (χ2v) is 7.53. The maximum atomic E-state index is 13.6. The average molecular weight is 299 g/mol. The van der Waals surface area contributed by atoms with Crippen molar-refractivity contribution in [2.75, 3.05) is 7.11 Å². The van der Waals surface area contributed by atoms with Crippen LogP contribution in [0.2, 0.25) is 0 Å². The second-order valence-electron chi connectivity index (χ2n) is 5.85. The van der Waals surface area contributed by atoms with Crippen LogP contribution in [-0.4, -0.2) is 21.6 Å². The molecule has 110 valence electrons. The minimum Gasteiger partial charge on any atom is -0.492 e. The van der Waals surface area contributed by atoms with Gasteiger partial charge in [0.2, 0.25) is 10.0 Å². The molecule has 0 aromatic heterocycles. The van der Waals surface area contributed by atoms with Gasteiger partial charge in [-0.15, -0.1) is 0 Å². The summed E-state index contributed by atoms with van der Waals surface area (Å²) in [6.07, 6.45) is 5.44. The van der Waals surface area contributed by atoms with Crippen molar-refractivity contribution in [1.29, 1.82) is 0 Å². The van der Waals surface area contributed by atoms with Crippen LogP contribution in [0.25, 0.3) is 0 Å². The van der Waals surface area contributed by atoms with Gasteiger partial charge in [0.1, 0.15) is 4.90 Å². The highest BCUT2D eigenvalue weighted by molar-refractivity contribution is 7.89. The number of para-hydroxylation sites is 1. The van der Waals surface area contributed by atoms with Crippen LogP contribution in [0.4, 0.5) is 4.39 Å². The van der Waals surface area contributed by atoms with E-state index in [1.807, 2.05) is 0 Å². The van der Waals surface area contributed by atoms with Gasteiger partial charge < -0.3 is 4.74 Å². The zero-order valence-electron chi connectivity index (χ0n) is 11.4. The van der Waals surface area contributed by atoms with Gasteiger partial charge in [-0.1, -0.05) is 12.5 Å². The molecule has 1 aromatic carbocycles. The summed E-state index contributed by atoms with van der Waals surface area (Å²) in [6, 6.07) is 3.89. The number of nitrogens with one attached hydrogen (secondary N) is 1. The summed E-state index contributed by atoms with van der Waals surface area (Å²) in [7, 11) is -2.47. The van der Waals surface area contributed by atoms with Gasteiger partial charge in [0.05, 0.1) is 7.11 Å². The molecule has 3 rings (SSSR count). The molecule has 0 bridgehead atoms. The summed E-state index contributed by atoms with van der Waals surface area (Å²) in [5.41, 5.74) is 0.388. The Morgan fingerprint density at radius 1 is 1.35 bits per heavy atom. The molecule has 2 saturated carbocycles. The number of hydrogen-bond donors (Lipinski definition) is 1. The van der Waals surface area contributed by atoms with E-state index < -0.39 is 15.8 Å². The highest BCUT2D eigenvalue weighted by Gasteiger charge is 2.49. The number of methoxy groups -OCH3 is 1. The molecule has 0 unspecified atom stereocenters. The van der Waals surface area contributed by atoms with Crippen molar-refractivity contribution in [2.24, 2.45) is 5.41 Å². The Bertz CT molecular complexity index is 617. The Kier molecular flexibility index (Phi) is 3.25. The highest BCUT2D eigenvalue weighted by atomic mass is 32.2. The number of rotatable bonds is 4. The fourth-order valence-corrected chi connectivity index (χ4v) is 4.75. The summed E-state index contributed by atoms with van der Waals surface area (Å²) in [5.74, 6) is -0.892. The Balaban J connectivity index is 1.77. The molecule has 20 heavy (non-hydrogen) atoms. The summed E-state index contributed by atoms with van der Waals surface area (Å²) < 4.78 is 45.8. The summed E-state index contributed by atoms with van der Waals surface area (Å²) in [6.45, 7) is 0. The lowest BCUT2D eigenvalue weighted by atomic mass is 9.54. The van der Waals surface area contributed by atoms with E-state index in [-0.39, 0.29) is 16.7 Å². The third kappa shape index (κ3) is 2.20. The Hall–Kier alpha value is -1.14. The third-order valence-electron chi connectivity index (χ3n) is 4.52. The molecule has 0 heterocycles. The standard InChI is InChI=1S/C14H18FNO3S/c1-19-13-11(15)4-2-5-12(13)20(17,18)16-10-8-14(9-10)6-3-7-14/h2,4-5,10,16H,3,6-9H2,1H3. The molecule has 1 N–H and O–H groups in total. The normalized spacial score (nSPS) is 21.3. The third-order valence-corrected chi connectivity index (χ3v) is 6.06. The van der Waals surface area contributed by atoms with Crippen molar-refractivity contribution in [2.45, 2.75) is 43.0 Å². The Morgan fingerprint density at radius 2 is 2.05 bits per heavy atom. The summed E-state index contributed by atoms with van der Waals surface area (Å²) >= 11 is 0. The van der Waals surface area contributed by atoms with Gasteiger partial charge in [-0.25, -0.2) is 17.5 Å². The van der Waals surface area contributed by atoms with Crippen molar-refractivity contribution in [3.8, 4) is 5.75 Å². The Labute approximate surface area is 118 Å². The lowest BCUT2D eigenvalue weighted by molar-refractivity contribution is 0.00618. The number of hydrogen-bond acceptors (Lipinski definition) is 3. The van der Waals surface area contributed by atoms with Gasteiger partial charge in [-0.2, -0.15) is 0 Å². The van der Waals surface area contributed by atoms with Crippen molar-refractivity contribution < 1.29 is 17.5 Å². The van der Waals surface area contributed by atoms with E-state index in [9.17, 15) is 12.8 Å². The fraction of sp³-hybridized carbons (Fsp3) is 0.571.